The number of hydrogen-bond donors (Lipinski definition) is 1. The molecule has 0 saturated carbocycles. The third kappa shape index (κ3) is 3.64. The fraction of sp³-hybridized carbons (Fsp3) is 0.333. The van der Waals surface area contributed by atoms with Crippen molar-refractivity contribution < 1.29 is 4.42 Å². The molecule has 2 N–H and O–H groups in total. The third-order valence-corrected chi connectivity index (χ3v) is 2.96. The van der Waals surface area contributed by atoms with Crippen LogP contribution < -0.4 is 5.73 Å². The van der Waals surface area contributed by atoms with Crippen LogP contribution >= 0.6 is 0 Å². The Kier molecular flexibility index (Phi) is 4.05. The van der Waals surface area contributed by atoms with E-state index in [-0.39, 0.29) is 0 Å². The fourth-order valence-electron chi connectivity index (χ4n) is 1.98. The normalized spacial score (nSPS) is 11.1. The number of nitrogens with two attached hydrogens (primary N) is 1. The summed E-state index contributed by atoms with van der Waals surface area (Å²) in [6.45, 7) is 3.80. The summed E-state index contributed by atoms with van der Waals surface area (Å²) in [6.07, 6.45) is 1.00. The Morgan fingerprint density at radius 2 is 2.06 bits per heavy atom. The van der Waals surface area contributed by atoms with Crippen LogP contribution in [0.3, 0.4) is 0 Å². The van der Waals surface area contributed by atoms with Crippen LogP contribution in [0, 0.1) is 6.92 Å². The maximum absolute atomic E-state index is 5.76. The number of hydrogen-bond acceptors (Lipinski definition) is 3. The number of likely N-dealkylation sites (N-methyl/N-ethyl adjacent to an activating group) is 1. The monoisotopic (exact) mass is 244 g/mol. The van der Waals surface area contributed by atoms with Gasteiger partial charge in [0.15, 0.2) is 0 Å². The van der Waals surface area contributed by atoms with Crippen LogP contribution in [-0.4, -0.2) is 18.5 Å². The molecule has 1 aromatic carbocycles. The molecule has 0 unspecified atom stereocenters. The fourth-order valence-corrected chi connectivity index (χ4v) is 1.98. The van der Waals surface area contributed by atoms with Crippen LogP contribution in [0.25, 0.3) is 0 Å². The molecule has 3 nitrogen and oxygen atoms in total. The zero-order valence-corrected chi connectivity index (χ0v) is 11.0. The first-order valence-electron chi connectivity index (χ1n) is 6.22. The van der Waals surface area contributed by atoms with Gasteiger partial charge in [0.25, 0.3) is 0 Å². The molecular weight excluding hydrogens is 224 g/mol. The Morgan fingerprint density at radius 1 is 1.22 bits per heavy atom. The van der Waals surface area contributed by atoms with Gasteiger partial charge >= 0.3 is 0 Å². The number of nitrogen functional groups attached to an aromatic ring is 1. The highest BCUT2D eigenvalue weighted by Crippen LogP contribution is 2.10. The standard InChI is InChI=1S/C15H20N2O/c1-12-6-7-15(18-12)11-17(2)9-8-13-4-3-5-14(16)10-13/h3-7,10H,8-9,11,16H2,1-2H3. The van der Waals surface area contributed by atoms with Gasteiger partial charge in [-0.3, -0.25) is 4.90 Å². The number of aryl methyl sites for hydroxylation is 1. The summed E-state index contributed by atoms with van der Waals surface area (Å²) < 4.78 is 5.56. The van der Waals surface area contributed by atoms with Crippen LogP contribution in [0.15, 0.2) is 40.8 Å². The van der Waals surface area contributed by atoms with Crippen molar-refractivity contribution in [3.63, 3.8) is 0 Å². The van der Waals surface area contributed by atoms with Crippen molar-refractivity contribution in [2.24, 2.45) is 0 Å². The van der Waals surface area contributed by atoms with E-state index in [1.54, 1.807) is 0 Å². The minimum absolute atomic E-state index is 0.830. The Labute approximate surface area is 108 Å². The van der Waals surface area contributed by atoms with Crippen LogP contribution in [0.2, 0.25) is 0 Å². The lowest BCUT2D eigenvalue weighted by Crippen LogP contribution is -2.20. The second-order valence-electron chi connectivity index (χ2n) is 4.75. The van der Waals surface area contributed by atoms with Crippen molar-refractivity contribution in [3.05, 3.63) is 53.5 Å². The summed E-state index contributed by atoms with van der Waals surface area (Å²) >= 11 is 0. The van der Waals surface area contributed by atoms with E-state index < -0.39 is 0 Å². The molecule has 1 aromatic heterocycles. The van der Waals surface area contributed by atoms with Crippen LogP contribution in [0.4, 0.5) is 5.69 Å². The molecule has 0 aliphatic heterocycles. The molecule has 3 heteroatoms. The van der Waals surface area contributed by atoms with Crippen molar-refractivity contribution in [2.45, 2.75) is 19.9 Å². The molecule has 2 rings (SSSR count). The topological polar surface area (TPSA) is 42.4 Å². The molecule has 0 aliphatic rings. The molecule has 0 amide bonds. The van der Waals surface area contributed by atoms with Crippen molar-refractivity contribution >= 4 is 5.69 Å². The van der Waals surface area contributed by atoms with E-state index in [0.717, 1.165) is 36.7 Å². The second-order valence-corrected chi connectivity index (χ2v) is 4.75. The summed E-state index contributed by atoms with van der Waals surface area (Å²) in [4.78, 5) is 2.25. The van der Waals surface area contributed by atoms with E-state index in [1.807, 2.05) is 37.3 Å². The lowest BCUT2D eigenvalue weighted by molar-refractivity contribution is 0.295. The number of furan rings is 1. The predicted octanol–water partition coefficient (Wildman–Crippen LogP) is 2.84. The summed E-state index contributed by atoms with van der Waals surface area (Å²) in [5.74, 6) is 1.98. The van der Waals surface area contributed by atoms with E-state index in [0.29, 0.717) is 0 Å². The third-order valence-electron chi connectivity index (χ3n) is 2.96. The van der Waals surface area contributed by atoms with Gasteiger partial charge < -0.3 is 10.2 Å². The average molecular weight is 244 g/mol. The molecule has 2 aromatic rings. The van der Waals surface area contributed by atoms with Crippen molar-refractivity contribution in [1.29, 1.82) is 0 Å². The quantitative estimate of drug-likeness (QED) is 0.822. The van der Waals surface area contributed by atoms with Crippen LogP contribution in [0.5, 0.6) is 0 Å². The molecule has 0 aliphatic carbocycles. The highest BCUT2D eigenvalue weighted by atomic mass is 16.3. The Bertz CT molecular complexity index is 505. The minimum atomic E-state index is 0.830. The van der Waals surface area contributed by atoms with Gasteiger partial charge in [-0.25, -0.2) is 0 Å². The summed E-state index contributed by atoms with van der Waals surface area (Å²) in [6, 6.07) is 12.1. The lowest BCUT2D eigenvalue weighted by atomic mass is 10.1. The van der Waals surface area contributed by atoms with Gasteiger partial charge in [0.1, 0.15) is 11.5 Å². The van der Waals surface area contributed by atoms with Gasteiger partial charge in [-0.05, 0) is 50.2 Å². The van der Waals surface area contributed by atoms with E-state index in [9.17, 15) is 0 Å². The van der Waals surface area contributed by atoms with Gasteiger partial charge in [-0.2, -0.15) is 0 Å². The van der Waals surface area contributed by atoms with E-state index in [4.69, 9.17) is 10.2 Å². The van der Waals surface area contributed by atoms with Crippen molar-refractivity contribution in [3.8, 4) is 0 Å². The molecule has 0 bridgehead atoms. The molecule has 0 fully saturated rings. The van der Waals surface area contributed by atoms with Crippen LogP contribution in [0.1, 0.15) is 17.1 Å². The lowest BCUT2D eigenvalue weighted by Gasteiger charge is -2.15. The zero-order chi connectivity index (χ0) is 13.0. The van der Waals surface area contributed by atoms with Gasteiger partial charge in [0.2, 0.25) is 0 Å². The number of rotatable bonds is 5. The van der Waals surface area contributed by atoms with E-state index in [2.05, 4.69) is 18.0 Å². The SMILES string of the molecule is Cc1ccc(CN(C)CCc2cccc(N)c2)o1. The van der Waals surface area contributed by atoms with E-state index >= 15 is 0 Å². The second kappa shape index (κ2) is 5.74. The summed E-state index contributed by atoms with van der Waals surface area (Å²) in [5, 5.41) is 0. The Morgan fingerprint density at radius 3 is 2.72 bits per heavy atom. The van der Waals surface area contributed by atoms with E-state index in [1.165, 1.54) is 5.56 Å². The van der Waals surface area contributed by atoms with Gasteiger partial charge in [-0.15, -0.1) is 0 Å². The van der Waals surface area contributed by atoms with Crippen LogP contribution in [-0.2, 0) is 13.0 Å². The molecule has 96 valence electrons. The first-order valence-corrected chi connectivity index (χ1v) is 6.22. The van der Waals surface area contributed by atoms with Crippen molar-refractivity contribution in [1.82, 2.24) is 4.90 Å². The Hall–Kier alpha value is -1.74. The maximum atomic E-state index is 5.76. The molecule has 0 saturated heterocycles. The molecule has 0 atom stereocenters. The first-order chi connectivity index (χ1) is 8.63. The maximum Gasteiger partial charge on any atom is 0.118 e. The summed E-state index contributed by atoms with van der Waals surface area (Å²) in [5.41, 5.74) is 7.87. The molecule has 1 heterocycles. The van der Waals surface area contributed by atoms with Gasteiger partial charge in [0.05, 0.1) is 6.54 Å². The zero-order valence-electron chi connectivity index (χ0n) is 11.0. The van der Waals surface area contributed by atoms with Crippen molar-refractivity contribution in [2.75, 3.05) is 19.3 Å². The Balaban J connectivity index is 1.83. The molecule has 0 radical (unpaired) electrons. The first kappa shape index (κ1) is 12.7. The molecule has 0 spiro atoms. The highest BCUT2D eigenvalue weighted by molar-refractivity contribution is 5.40. The predicted molar refractivity (Wildman–Crippen MR) is 74.3 cm³/mol. The summed E-state index contributed by atoms with van der Waals surface area (Å²) in [7, 11) is 2.10. The smallest absolute Gasteiger partial charge is 0.118 e. The van der Waals surface area contributed by atoms with Gasteiger partial charge in [-0.1, -0.05) is 12.1 Å². The molecular formula is C15H20N2O. The highest BCUT2D eigenvalue weighted by Gasteiger charge is 2.04. The number of benzene rings is 1. The number of anilines is 1. The van der Waals surface area contributed by atoms with Gasteiger partial charge in [0, 0.05) is 12.2 Å². The minimum Gasteiger partial charge on any atom is -0.465 e. The average Bonchev–Trinajstić information content (AvgIpc) is 2.72. The number of nitrogens with zero attached hydrogens (tertiary/aromatic N) is 1. The largest absolute Gasteiger partial charge is 0.465 e. The molecule has 18 heavy (non-hydrogen) atoms.